The zero-order valence-corrected chi connectivity index (χ0v) is 31.8. The van der Waals surface area contributed by atoms with Crippen LogP contribution < -0.4 is 5.32 Å². The molecular weight excluding hydrogens is 689 g/mol. The average molecular weight is 745 g/mol. The van der Waals surface area contributed by atoms with Gasteiger partial charge in [-0.15, -0.1) is 0 Å². The van der Waals surface area contributed by atoms with E-state index in [2.05, 4.69) is 75.9 Å². The number of ether oxygens (including phenoxy) is 1. The molecule has 3 heterocycles. The van der Waals surface area contributed by atoms with Crippen LogP contribution in [0.1, 0.15) is 69.2 Å². The Hall–Kier alpha value is -4.67. The summed E-state index contributed by atoms with van der Waals surface area (Å²) < 4.78 is 7.92. The van der Waals surface area contributed by atoms with Crippen molar-refractivity contribution in [3.63, 3.8) is 0 Å². The Labute approximate surface area is 324 Å². The minimum atomic E-state index is -0.635. The van der Waals surface area contributed by atoms with Crippen molar-refractivity contribution in [2.45, 2.75) is 95.4 Å². The fourth-order valence-corrected chi connectivity index (χ4v) is 8.45. The van der Waals surface area contributed by atoms with Crippen LogP contribution in [0.15, 0.2) is 116 Å². The molecule has 55 heavy (non-hydrogen) atoms. The zero-order valence-electron chi connectivity index (χ0n) is 31.8. The third-order valence-corrected chi connectivity index (χ3v) is 11.5. The number of aryl methyl sites for hydroxylation is 1. The summed E-state index contributed by atoms with van der Waals surface area (Å²) in [4.78, 5) is 18.6. The number of benzene rings is 3. The second-order valence-corrected chi connectivity index (χ2v) is 15.5. The minimum absolute atomic E-state index is 0.119. The van der Waals surface area contributed by atoms with Gasteiger partial charge in [-0.05, 0) is 98.2 Å². The summed E-state index contributed by atoms with van der Waals surface area (Å²) in [5, 5.41) is 37.9. The summed E-state index contributed by atoms with van der Waals surface area (Å²) >= 11 is 0. The van der Waals surface area contributed by atoms with E-state index in [1.807, 2.05) is 60.3 Å². The minimum Gasteiger partial charge on any atom is -0.441 e. The van der Waals surface area contributed by atoms with Crippen LogP contribution in [0.2, 0.25) is 0 Å². The van der Waals surface area contributed by atoms with Crippen molar-refractivity contribution >= 4 is 33.5 Å². The van der Waals surface area contributed by atoms with Gasteiger partial charge in [-0.3, -0.25) is 9.69 Å². The van der Waals surface area contributed by atoms with Crippen LogP contribution in [-0.4, -0.2) is 73.2 Å². The summed E-state index contributed by atoms with van der Waals surface area (Å²) in [6.45, 7) is 4.80. The van der Waals surface area contributed by atoms with Gasteiger partial charge < -0.3 is 34.9 Å². The number of esters is 1. The van der Waals surface area contributed by atoms with Gasteiger partial charge in [0.2, 0.25) is 0 Å². The van der Waals surface area contributed by atoms with Gasteiger partial charge in [-0.25, -0.2) is 0 Å². The maximum Gasteiger partial charge on any atom is 0.307 e. The quantitative estimate of drug-likeness (QED) is 0.0373. The highest BCUT2D eigenvalue weighted by molar-refractivity contribution is 5.92. The van der Waals surface area contributed by atoms with E-state index in [9.17, 15) is 20.1 Å². The lowest BCUT2D eigenvalue weighted by atomic mass is 9.89. The maximum absolute atomic E-state index is 12.9. The molecule has 1 saturated heterocycles. The topological polar surface area (TPSA) is 123 Å². The highest BCUT2D eigenvalue weighted by Crippen LogP contribution is 2.36. The summed E-state index contributed by atoms with van der Waals surface area (Å²) in [6, 6.07) is 27.6. The third kappa shape index (κ3) is 9.96. The first kappa shape index (κ1) is 38.6. The molecule has 1 unspecified atom stereocenters. The third-order valence-electron chi connectivity index (χ3n) is 11.5. The smallest absolute Gasteiger partial charge is 0.307 e. The molecule has 1 aliphatic carbocycles. The van der Waals surface area contributed by atoms with Gasteiger partial charge in [0.05, 0.1) is 23.8 Å². The van der Waals surface area contributed by atoms with Gasteiger partial charge >= 0.3 is 5.97 Å². The van der Waals surface area contributed by atoms with Crippen LogP contribution >= 0.6 is 0 Å². The van der Waals surface area contributed by atoms with Crippen molar-refractivity contribution in [3.8, 4) is 0 Å². The van der Waals surface area contributed by atoms with E-state index in [0.29, 0.717) is 38.1 Å². The summed E-state index contributed by atoms with van der Waals surface area (Å²) in [6.07, 6.45) is 14.6. The fraction of sp³-hybridized carbons (Fsp3) is 0.413. The van der Waals surface area contributed by atoms with E-state index in [1.54, 1.807) is 6.08 Å². The standard InChI is InChI=1S/C46H56N4O5/c1-32(50-27-23-35-18-16-34(28-43(35)50)30-49-26-24-36(31-49)48-42-14-9-13-41-40(42)22-25-47-41)55-46(54)15-8-3-2-7-12-38-39(45(53)29-44(38)52)21-20-37(51)19-17-33-10-5-4-6-11-33/h2,4-7,9-11,13-14,16,18,20-23,25,27-28,32,36-39,44-45,47-48,51-53H,3,8,12,15,17,19,24,26,29-31H2,1H3/b7-2-,21-20+/t32?,36-,37+,38-,39-,44+,45-/m1/s1. The molecule has 0 spiro atoms. The summed E-state index contributed by atoms with van der Waals surface area (Å²) in [5.74, 6) is -0.559. The molecule has 0 bridgehead atoms. The van der Waals surface area contributed by atoms with E-state index in [0.717, 1.165) is 55.3 Å². The number of allylic oxidation sites excluding steroid dienone is 2. The Morgan fingerprint density at radius 3 is 2.76 bits per heavy atom. The number of anilines is 1. The van der Waals surface area contributed by atoms with Crippen LogP contribution in [0.5, 0.6) is 0 Å². The second-order valence-electron chi connectivity index (χ2n) is 15.5. The highest BCUT2D eigenvalue weighted by atomic mass is 16.6. The van der Waals surface area contributed by atoms with Crippen LogP contribution in [0.25, 0.3) is 21.8 Å². The lowest BCUT2D eigenvalue weighted by Gasteiger charge is -2.19. The van der Waals surface area contributed by atoms with Gasteiger partial charge in [0, 0.05) is 73.4 Å². The van der Waals surface area contributed by atoms with Gasteiger partial charge in [-0.1, -0.05) is 72.8 Å². The zero-order chi connectivity index (χ0) is 38.1. The molecule has 1 aliphatic heterocycles. The van der Waals surface area contributed by atoms with Crippen molar-refractivity contribution in [1.82, 2.24) is 14.5 Å². The second kappa shape index (κ2) is 18.3. The van der Waals surface area contributed by atoms with E-state index in [1.165, 1.54) is 22.2 Å². The Morgan fingerprint density at radius 2 is 1.89 bits per heavy atom. The molecule has 290 valence electrons. The Bertz CT molecular complexity index is 2050. The first-order chi connectivity index (χ1) is 26.8. The highest BCUT2D eigenvalue weighted by Gasteiger charge is 2.39. The SMILES string of the molecule is CC(OC(=O)CCC/C=C\C[C@@H]1[C@@H](/C=C/[C@@H](O)CCc2ccccc2)[C@H](O)C[C@@H]1O)n1ccc2ccc(CN3CC[C@@H](Nc4cccc5[nH]ccc45)C3)cc21. The normalized spacial score (nSPS) is 23.0. The molecule has 7 atom stereocenters. The number of rotatable bonds is 17. The maximum atomic E-state index is 12.9. The van der Waals surface area contributed by atoms with E-state index >= 15 is 0 Å². The van der Waals surface area contributed by atoms with Gasteiger partial charge in [0.25, 0.3) is 0 Å². The molecule has 2 fully saturated rings. The van der Waals surface area contributed by atoms with E-state index in [4.69, 9.17) is 4.74 Å². The van der Waals surface area contributed by atoms with Gasteiger partial charge in [0.15, 0.2) is 6.23 Å². The van der Waals surface area contributed by atoms with E-state index in [-0.39, 0.29) is 17.8 Å². The van der Waals surface area contributed by atoms with Crippen molar-refractivity contribution in [3.05, 3.63) is 127 Å². The van der Waals surface area contributed by atoms with Gasteiger partial charge in [0.1, 0.15) is 0 Å². The molecule has 1 saturated carbocycles. The van der Waals surface area contributed by atoms with Crippen LogP contribution in [-0.2, 0) is 22.5 Å². The molecule has 3 aromatic carbocycles. The van der Waals surface area contributed by atoms with Crippen LogP contribution in [0.4, 0.5) is 5.69 Å². The number of carbonyl (C=O) groups excluding carboxylic acids is 1. The fourth-order valence-electron chi connectivity index (χ4n) is 8.45. The lowest BCUT2D eigenvalue weighted by molar-refractivity contribution is -0.152. The Balaban J connectivity index is 0.837. The number of unbranched alkanes of at least 4 members (excludes halogenated alkanes) is 1. The molecule has 5 N–H and O–H groups in total. The molecule has 2 aromatic heterocycles. The summed E-state index contributed by atoms with van der Waals surface area (Å²) in [5.41, 5.74) is 5.80. The average Bonchev–Trinajstić information content (AvgIpc) is 3.99. The molecule has 9 heteroatoms. The van der Waals surface area contributed by atoms with Crippen LogP contribution in [0, 0.1) is 11.8 Å². The first-order valence-corrected chi connectivity index (χ1v) is 20.1. The molecule has 0 amide bonds. The molecule has 2 aliphatic rings. The molecule has 0 radical (unpaired) electrons. The number of carbonyl (C=O) groups is 1. The number of nitrogens with zero attached hydrogens (tertiary/aromatic N) is 2. The molecule has 7 rings (SSSR count). The Kier molecular flexibility index (Phi) is 12.8. The van der Waals surface area contributed by atoms with Crippen molar-refractivity contribution in [2.75, 3.05) is 18.4 Å². The number of likely N-dealkylation sites (tertiary alicyclic amines) is 1. The number of hydrogen-bond acceptors (Lipinski definition) is 7. The van der Waals surface area contributed by atoms with Crippen molar-refractivity contribution < 1.29 is 24.9 Å². The lowest BCUT2D eigenvalue weighted by Crippen LogP contribution is -2.26. The number of aliphatic hydroxyl groups is 3. The van der Waals surface area contributed by atoms with E-state index < -0.39 is 24.5 Å². The Morgan fingerprint density at radius 1 is 1.02 bits per heavy atom. The van der Waals surface area contributed by atoms with Gasteiger partial charge in [-0.2, -0.15) is 0 Å². The largest absolute Gasteiger partial charge is 0.441 e. The monoisotopic (exact) mass is 744 g/mol. The molecule has 9 nitrogen and oxygen atoms in total. The predicted octanol–water partition coefficient (Wildman–Crippen LogP) is 7.90. The van der Waals surface area contributed by atoms with Crippen molar-refractivity contribution in [2.24, 2.45) is 11.8 Å². The number of nitrogens with one attached hydrogen (secondary N) is 2. The predicted molar refractivity (Wildman–Crippen MR) is 219 cm³/mol. The summed E-state index contributed by atoms with van der Waals surface area (Å²) in [7, 11) is 0. The number of aromatic amines is 1. The number of aliphatic hydroxyl groups excluding tert-OH is 3. The number of aromatic nitrogens is 2. The number of hydrogen-bond donors (Lipinski definition) is 5. The number of fused-ring (bicyclic) bond motifs is 2. The molecule has 5 aromatic rings. The molecular formula is C46H56N4O5. The van der Waals surface area contributed by atoms with Crippen molar-refractivity contribution in [1.29, 1.82) is 0 Å². The first-order valence-electron chi connectivity index (χ1n) is 20.1. The number of H-pyrrole nitrogens is 1. The van der Waals surface area contributed by atoms with Crippen LogP contribution in [0.3, 0.4) is 0 Å².